The van der Waals surface area contributed by atoms with E-state index in [-0.39, 0.29) is 38.7 Å². The summed E-state index contributed by atoms with van der Waals surface area (Å²) in [6.45, 7) is 4.00. The number of para-hydroxylation sites is 1. The van der Waals surface area contributed by atoms with Crippen LogP contribution in [0, 0.1) is 7.11 Å². The molecular formula is C27H26N5O2Y-. The molecule has 0 saturated carbocycles. The van der Waals surface area contributed by atoms with Gasteiger partial charge in [-0.15, -0.1) is 0 Å². The van der Waals surface area contributed by atoms with Gasteiger partial charge in [-0.05, 0) is 46.8 Å². The average Bonchev–Trinajstić information content (AvgIpc) is 3.27. The Morgan fingerprint density at radius 3 is 2.26 bits per heavy atom. The Morgan fingerprint density at radius 2 is 1.54 bits per heavy atom. The number of nitrogens with zero attached hydrogens (tertiary/aromatic N) is 1. The minimum absolute atomic E-state index is 0. The number of nitrogens with one attached hydrogen (secondary N) is 3. The van der Waals surface area contributed by atoms with Crippen molar-refractivity contribution < 1.29 is 42.2 Å². The molecule has 5 aromatic rings. The van der Waals surface area contributed by atoms with Crippen molar-refractivity contribution in [1.29, 1.82) is 0 Å². The van der Waals surface area contributed by atoms with Gasteiger partial charge in [-0.25, -0.2) is 4.79 Å². The van der Waals surface area contributed by atoms with E-state index in [9.17, 15) is 4.79 Å². The van der Waals surface area contributed by atoms with E-state index in [1.165, 1.54) is 0 Å². The molecule has 7 nitrogen and oxygen atoms in total. The van der Waals surface area contributed by atoms with E-state index in [2.05, 4.69) is 27.9 Å². The molecule has 0 atom stereocenters. The number of urea groups is 1. The minimum Gasteiger partial charge on any atom is -0.664 e. The maximum atomic E-state index is 12.6. The molecule has 0 bridgehead atoms. The summed E-state index contributed by atoms with van der Waals surface area (Å²) in [5, 5.41) is 15.5. The number of anilines is 3. The van der Waals surface area contributed by atoms with Gasteiger partial charge in [0.1, 0.15) is 11.3 Å². The van der Waals surface area contributed by atoms with Crippen molar-refractivity contribution in [2.24, 2.45) is 0 Å². The number of ether oxygens (including phenoxy) is 1. The largest absolute Gasteiger partial charge is 0.664 e. The first-order valence-electron chi connectivity index (χ1n) is 11.0. The molecule has 1 radical (unpaired) electrons. The fraction of sp³-hybridized carbons (Fsp3) is 0.0741. The van der Waals surface area contributed by atoms with Crippen molar-refractivity contribution in [2.45, 2.75) is 13.8 Å². The molecule has 1 heterocycles. The third kappa shape index (κ3) is 5.31. The first-order chi connectivity index (χ1) is 16.7. The molecule has 0 spiro atoms. The molecule has 0 aliphatic carbocycles. The molecule has 4 aromatic carbocycles. The molecular weight excluding hydrogens is 515 g/mol. The van der Waals surface area contributed by atoms with Crippen molar-refractivity contribution in [2.75, 3.05) is 16.4 Å². The van der Waals surface area contributed by atoms with Crippen molar-refractivity contribution in [3.8, 4) is 16.9 Å². The van der Waals surface area contributed by atoms with Gasteiger partial charge in [0.2, 0.25) is 0 Å². The number of benzene rings is 4. The van der Waals surface area contributed by atoms with Gasteiger partial charge in [0.05, 0.1) is 11.1 Å². The Hall–Kier alpha value is -3.42. The Balaban J connectivity index is 0.00000111. The molecule has 0 saturated heterocycles. The summed E-state index contributed by atoms with van der Waals surface area (Å²) in [7, 11) is 3.50. The van der Waals surface area contributed by atoms with E-state index in [1.54, 1.807) is 0 Å². The molecule has 0 aliphatic rings. The molecule has 175 valence electrons. The van der Waals surface area contributed by atoms with E-state index < -0.39 is 0 Å². The number of amides is 2. The molecule has 1 aromatic heterocycles. The zero-order chi connectivity index (χ0) is 24.1. The smallest absolute Gasteiger partial charge is 0.323 e. The van der Waals surface area contributed by atoms with E-state index >= 15 is 0 Å². The number of carbonyl (C=O) groups is 1. The van der Waals surface area contributed by atoms with Gasteiger partial charge in [-0.2, -0.15) is 12.2 Å². The fourth-order valence-corrected chi connectivity index (χ4v) is 3.93. The van der Waals surface area contributed by atoms with Gasteiger partial charge >= 0.3 is 6.03 Å². The predicted octanol–water partition coefficient (Wildman–Crippen LogP) is 6.80. The number of nitrogens with two attached hydrogens (primary N) is 1. The molecule has 0 aliphatic heterocycles. The van der Waals surface area contributed by atoms with E-state index in [0.717, 1.165) is 33.0 Å². The summed E-state index contributed by atoms with van der Waals surface area (Å²) < 4.78 is 5.20. The number of hydrogen-bond donors (Lipinski definition) is 4. The second kappa shape index (κ2) is 11.8. The molecule has 2 amide bonds. The maximum Gasteiger partial charge on any atom is 0.323 e. The molecule has 0 fully saturated rings. The summed E-state index contributed by atoms with van der Waals surface area (Å²) in [5.41, 5.74) is 10.1. The van der Waals surface area contributed by atoms with Crippen LogP contribution >= 0.6 is 0 Å². The average molecular weight is 541 g/mol. The Bertz CT molecular complexity index is 1450. The van der Waals surface area contributed by atoms with Crippen molar-refractivity contribution in [1.82, 2.24) is 10.2 Å². The molecule has 0 unspecified atom stereocenters. The molecule has 35 heavy (non-hydrogen) atoms. The Labute approximate surface area is 229 Å². The summed E-state index contributed by atoms with van der Waals surface area (Å²) in [4.78, 5) is 12.6. The van der Waals surface area contributed by atoms with Crippen LogP contribution in [0.15, 0.2) is 78.9 Å². The predicted molar refractivity (Wildman–Crippen MR) is 140 cm³/mol. The molecule has 5 N–H and O–H groups in total. The summed E-state index contributed by atoms with van der Waals surface area (Å²) in [5.74, 6) is 0.940. The van der Waals surface area contributed by atoms with Crippen LogP contribution in [0.25, 0.3) is 32.8 Å². The van der Waals surface area contributed by atoms with E-state index in [4.69, 9.17) is 10.5 Å². The third-order valence-electron chi connectivity index (χ3n) is 5.36. The number of H-pyrrole nitrogens is 1. The van der Waals surface area contributed by atoms with Crippen LogP contribution in [-0.4, -0.2) is 16.2 Å². The van der Waals surface area contributed by atoms with Crippen LogP contribution in [-0.2, 0) is 32.7 Å². The maximum absolute atomic E-state index is 12.6. The van der Waals surface area contributed by atoms with Crippen LogP contribution < -0.4 is 21.1 Å². The van der Waals surface area contributed by atoms with Gasteiger partial charge in [-0.1, -0.05) is 62.4 Å². The van der Waals surface area contributed by atoms with Gasteiger partial charge in [0.25, 0.3) is 0 Å². The SMILES string of the molecule is CC.[CH2-]Oc1ccc(-c2ccc(NC(=O)Nc3ccccc3)c3ccccc23)c2c(N)n[nH]c12.[Y]. The quantitative estimate of drug-likeness (QED) is 0.188. The first-order valence-corrected chi connectivity index (χ1v) is 11.0. The fourth-order valence-electron chi connectivity index (χ4n) is 3.93. The van der Waals surface area contributed by atoms with Gasteiger partial charge in [-0.3, -0.25) is 5.10 Å². The number of aromatic amines is 1. The minimum atomic E-state index is -0.312. The number of carbonyl (C=O) groups excluding carboxylic acids is 1. The zero-order valence-corrected chi connectivity index (χ0v) is 22.5. The summed E-state index contributed by atoms with van der Waals surface area (Å²) in [6.07, 6.45) is 0. The standard InChI is InChI=1S/C25H20N5O2.C2H6.Y/c1-32-21-14-12-19(22-23(21)29-30-24(22)26)17-11-13-20(18-10-6-5-9-16(17)18)28-25(31)27-15-7-3-2-4-8-15;1-2;/h2-14H,1H2,(H3,26,29,30)(H2,27,28,31);1-2H3;/q-1;;. The number of hydrogen-bond acceptors (Lipinski definition) is 4. The first kappa shape index (κ1) is 26.2. The molecule has 8 heteroatoms. The Kier molecular flexibility index (Phi) is 8.85. The van der Waals surface area contributed by atoms with E-state index in [1.807, 2.05) is 92.7 Å². The topological polar surface area (TPSA) is 105 Å². The van der Waals surface area contributed by atoms with Crippen LogP contribution in [0.1, 0.15) is 13.8 Å². The van der Waals surface area contributed by atoms with Crippen LogP contribution in [0.2, 0.25) is 0 Å². The van der Waals surface area contributed by atoms with Crippen molar-refractivity contribution in [3.63, 3.8) is 0 Å². The normalized spacial score (nSPS) is 10.1. The third-order valence-corrected chi connectivity index (χ3v) is 5.36. The van der Waals surface area contributed by atoms with Gasteiger partial charge in [0.15, 0.2) is 5.82 Å². The number of nitrogen functional groups attached to an aromatic ring is 1. The Morgan fingerprint density at radius 1 is 0.886 bits per heavy atom. The van der Waals surface area contributed by atoms with Gasteiger partial charge < -0.3 is 21.1 Å². The number of fused-ring (bicyclic) bond motifs is 2. The summed E-state index contributed by atoms with van der Waals surface area (Å²) in [6, 6.07) is 24.5. The second-order valence-electron chi connectivity index (χ2n) is 7.27. The van der Waals surface area contributed by atoms with Crippen LogP contribution in [0.5, 0.6) is 5.75 Å². The number of aromatic nitrogens is 2. The van der Waals surface area contributed by atoms with Crippen molar-refractivity contribution >= 4 is 44.9 Å². The summed E-state index contributed by atoms with van der Waals surface area (Å²) >= 11 is 0. The molecule has 5 rings (SSSR count). The zero-order valence-electron chi connectivity index (χ0n) is 19.6. The van der Waals surface area contributed by atoms with Crippen LogP contribution in [0.3, 0.4) is 0 Å². The second-order valence-corrected chi connectivity index (χ2v) is 7.27. The van der Waals surface area contributed by atoms with Crippen molar-refractivity contribution in [3.05, 3.63) is 86.0 Å². The number of rotatable bonds is 4. The van der Waals surface area contributed by atoms with E-state index in [0.29, 0.717) is 22.8 Å². The monoisotopic (exact) mass is 541 g/mol. The van der Waals surface area contributed by atoms with Crippen LogP contribution in [0.4, 0.5) is 22.0 Å². The van der Waals surface area contributed by atoms with Gasteiger partial charge in [0, 0.05) is 43.8 Å².